The second-order valence-electron chi connectivity index (χ2n) is 4.03. The largest absolute Gasteiger partial charge is 0.399 e. The number of amides is 1. The van der Waals surface area contributed by atoms with Gasteiger partial charge in [0.05, 0.1) is 0 Å². The van der Waals surface area contributed by atoms with E-state index in [1.807, 2.05) is 31.2 Å². The van der Waals surface area contributed by atoms with E-state index in [1.165, 1.54) is 0 Å². The van der Waals surface area contributed by atoms with Crippen LogP contribution in [0.25, 0.3) is 0 Å². The minimum Gasteiger partial charge on any atom is -0.399 e. The third-order valence-electron chi connectivity index (χ3n) is 2.63. The van der Waals surface area contributed by atoms with E-state index in [0.29, 0.717) is 11.3 Å². The van der Waals surface area contributed by atoms with Gasteiger partial charge in [-0.15, -0.1) is 0 Å². The minimum absolute atomic E-state index is 0.126. The first-order chi connectivity index (χ1) is 8.56. The van der Waals surface area contributed by atoms with Crippen LogP contribution >= 0.6 is 22.6 Å². The fraction of sp³-hybridized carbons (Fsp3) is 0.0714. The van der Waals surface area contributed by atoms with Crippen LogP contribution in [0.3, 0.4) is 0 Å². The molecule has 0 aliphatic heterocycles. The van der Waals surface area contributed by atoms with Crippen LogP contribution in [0.1, 0.15) is 15.9 Å². The molecule has 0 aliphatic rings. The van der Waals surface area contributed by atoms with Crippen LogP contribution < -0.4 is 11.1 Å². The van der Waals surface area contributed by atoms with Gasteiger partial charge in [-0.3, -0.25) is 4.79 Å². The molecular formula is C14H13IN2O. The van der Waals surface area contributed by atoms with Crippen molar-refractivity contribution in [3.05, 3.63) is 57.2 Å². The van der Waals surface area contributed by atoms with Gasteiger partial charge in [-0.25, -0.2) is 0 Å². The molecule has 3 N–H and O–H groups in total. The van der Waals surface area contributed by atoms with Gasteiger partial charge in [0, 0.05) is 20.5 Å². The van der Waals surface area contributed by atoms with E-state index in [9.17, 15) is 4.79 Å². The summed E-state index contributed by atoms with van der Waals surface area (Å²) in [5, 5.41) is 2.85. The molecule has 0 atom stereocenters. The van der Waals surface area contributed by atoms with E-state index in [1.54, 1.807) is 18.2 Å². The average molecular weight is 352 g/mol. The summed E-state index contributed by atoms with van der Waals surface area (Å²) in [6, 6.07) is 12.9. The number of hydrogen-bond donors (Lipinski definition) is 2. The smallest absolute Gasteiger partial charge is 0.255 e. The molecule has 0 spiro atoms. The molecule has 0 saturated carbocycles. The molecule has 0 unspecified atom stereocenters. The molecule has 1 amide bonds. The van der Waals surface area contributed by atoms with Gasteiger partial charge in [-0.1, -0.05) is 0 Å². The summed E-state index contributed by atoms with van der Waals surface area (Å²) in [5.41, 5.74) is 8.73. The van der Waals surface area contributed by atoms with E-state index >= 15 is 0 Å². The van der Waals surface area contributed by atoms with Crippen molar-refractivity contribution in [3.63, 3.8) is 0 Å². The van der Waals surface area contributed by atoms with E-state index in [0.717, 1.165) is 14.8 Å². The van der Waals surface area contributed by atoms with Gasteiger partial charge in [0.1, 0.15) is 0 Å². The summed E-state index contributed by atoms with van der Waals surface area (Å²) >= 11 is 2.22. The van der Waals surface area contributed by atoms with Crippen LogP contribution in [-0.2, 0) is 0 Å². The number of hydrogen-bond acceptors (Lipinski definition) is 2. The van der Waals surface area contributed by atoms with Crippen molar-refractivity contribution in [2.45, 2.75) is 6.92 Å². The molecule has 0 aliphatic carbocycles. The Morgan fingerprint density at radius 1 is 1.17 bits per heavy atom. The monoisotopic (exact) mass is 352 g/mol. The topological polar surface area (TPSA) is 55.1 Å². The van der Waals surface area contributed by atoms with Crippen molar-refractivity contribution < 1.29 is 4.79 Å². The molecule has 0 fully saturated rings. The second-order valence-corrected chi connectivity index (χ2v) is 5.28. The third-order valence-corrected chi connectivity index (χ3v) is 3.35. The second kappa shape index (κ2) is 5.39. The van der Waals surface area contributed by atoms with Crippen molar-refractivity contribution in [2.75, 3.05) is 11.1 Å². The number of aryl methyl sites for hydroxylation is 1. The van der Waals surface area contributed by atoms with Gasteiger partial charge in [0.25, 0.3) is 5.91 Å². The van der Waals surface area contributed by atoms with E-state index < -0.39 is 0 Å². The number of carbonyl (C=O) groups is 1. The zero-order valence-corrected chi connectivity index (χ0v) is 12.1. The number of carbonyl (C=O) groups excluding carboxylic acids is 1. The molecule has 0 heterocycles. The molecule has 3 nitrogen and oxygen atoms in total. The highest BCUT2D eigenvalue weighted by Gasteiger charge is 2.07. The number of anilines is 2. The number of halogens is 1. The Balaban J connectivity index is 2.16. The highest BCUT2D eigenvalue weighted by atomic mass is 127. The van der Waals surface area contributed by atoms with Crippen LogP contribution in [0.4, 0.5) is 11.4 Å². The zero-order valence-electron chi connectivity index (χ0n) is 9.91. The summed E-state index contributed by atoms with van der Waals surface area (Å²) in [6.07, 6.45) is 0. The van der Waals surface area contributed by atoms with Crippen LogP contribution in [0.5, 0.6) is 0 Å². The van der Waals surface area contributed by atoms with Gasteiger partial charge >= 0.3 is 0 Å². The van der Waals surface area contributed by atoms with Crippen molar-refractivity contribution in [3.8, 4) is 0 Å². The van der Waals surface area contributed by atoms with Gasteiger partial charge in [-0.2, -0.15) is 0 Å². The maximum absolute atomic E-state index is 12.0. The predicted octanol–water partition coefficient (Wildman–Crippen LogP) is 3.43. The van der Waals surface area contributed by atoms with Crippen molar-refractivity contribution >= 4 is 39.9 Å². The Labute approximate surface area is 120 Å². The quantitative estimate of drug-likeness (QED) is 0.643. The normalized spacial score (nSPS) is 10.1. The molecule has 0 saturated heterocycles. The maximum Gasteiger partial charge on any atom is 0.255 e. The summed E-state index contributed by atoms with van der Waals surface area (Å²) in [4.78, 5) is 12.0. The predicted molar refractivity (Wildman–Crippen MR) is 82.7 cm³/mol. The molecule has 2 aromatic rings. The Morgan fingerprint density at radius 2 is 1.83 bits per heavy atom. The highest BCUT2D eigenvalue weighted by molar-refractivity contribution is 14.1. The summed E-state index contributed by atoms with van der Waals surface area (Å²) in [7, 11) is 0. The van der Waals surface area contributed by atoms with Crippen LogP contribution in [-0.4, -0.2) is 5.91 Å². The SMILES string of the molecule is Cc1cc(C(=O)Nc2ccc(I)cc2)ccc1N. The van der Waals surface area contributed by atoms with Gasteiger partial charge < -0.3 is 11.1 Å². The Bertz CT molecular complexity index is 579. The van der Waals surface area contributed by atoms with E-state index in [-0.39, 0.29) is 5.91 Å². The molecule has 2 rings (SSSR count). The van der Waals surface area contributed by atoms with Gasteiger partial charge in [0.2, 0.25) is 0 Å². The van der Waals surface area contributed by atoms with Crippen molar-refractivity contribution in [1.29, 1.82) is 0 Å². The first-order valence-electron chi connectivity index (χ1n) is 5.49. The fourth-order valence-corrected chi connectivity index (χ4v) is 1.91. The first-order valence-corrected chi connectivity index (χ1v) is 6.57. The minimum atomic E-state index is -0.126. The van der Waals surface area contributed by atoms with Gasteiger partial charge in [0.15, 0.2) is 0 Å². The molecule has 2 aromatic carbocycles. The van der Waals surface area contributed by atoms with Crippen molar-refractivity contribution in [1.82, 2.24) is 0 Å². The number of rotatable bonds is 2. The standard InChI is InChI=1S/C14H13IN2O/c1-9-8-10(2-7-13(9)16)14(18)17-12-5-3-11(15)4-6-12/h2-8H,16H2,1H3,(H,17,18). The molecule has 0 radical (unpaired) electrons. The zero-order chi connectivity index (χ0) is 13.1. The highest BCUT2D eigenvalue weighted by Crippen LogP contribution is 2.15. The Morgan fingerprint density at radius 3 is 2.44 bits per heavy atom. The number of nitrogen functional groups attached to an aromatic ring is 1. The Kier molecular flexibility index (Phi) is 3.86. The number of nitrogens with two attached hydrogens (primary N) is 1. The molecular weight excluding hydrogens is 339 g/mol. The van der Waals surface area contributed by atoms with Crippen LogP contribution in [0.2, 0.25) is 0 Å². The fourth-order valence-electron chi connectivity index (χ4n) is 1.55. The van der Waals surface area contributed by atoms with E-state index in [4.69, 9.17) is 5.73 Å². The molecule has 0 aromatic heterocycles. The molecule has 4 heteroatoms. The molecule has 0 bridgehead atoms. The summed E-state index contributed by atoms with van der Waals surface area (Å²) in [5.74, 6) is -0.126. The summed E-state index contributed by atoms with van der Waals surface area (Å²) < 4.78 is 1.13. The number of nitrogens with one attached hydrogen (secondary N) is 1. The average Bonchev–Trinajstić information content (AvgIpc) is 2.35. The van der Waals surface area contributed by atoms with E-state index in [2.05, 4.69) is 27.9 Å². The molecule has 18 heavy (non-hydrogen) atoms. The maximum atomic E-state index is 12.0. The molecule has 92 valence electrons. The van der Waals surface area contributed by atoms with Crippen molar-refractivity contribution in [2.24, 2.45) is 0 Å². The number of benzene rings is 2. The van der Waals surface area contributed by atoms with Crippen LogP contribution in [0.15, 0.2) is 42.5 Å². The third kappa shape index (κ3) is 3.01. The lowest BCUT2D eigenvalue weighted by Gasteiger charge is -2.07. The lowest BCUT2D eigenvalue weighted by atomic mass is 10.1. The Hall–Kier alpha value is -1.56. The lowest BCUT2D eigenvalue weighted by molar-refractivity contribution is 0.102. The lowest BCUT2D eigenvalue weighted by Crippen LogP contribution is -2.12. The van der Waals surface area contributed by atoms with Gasteiger partial charge in [-0.05, 0) is 77.5 Å². The summed E-state index contributed by atoms with van der Waals surface area (Å²) in [6.45, 7) is 1.89. The van der Waals surface area contributed by atoms with Crippen LogP contribution in [0, 0.1) is 10.5 Å². The first kappa shape index (κ1) is 12.9.